The molecule has 0 radical (unpaired) electrons. The minimum atomic E-state index is -1.11. The van der Waals surface area contributed by atoms with Crippen molar-refractivity contribution in [2.24, 2.45) is 5.92 Å². The van der Waals surface area contributed by atoms with E-state index in [0.717, 1.165) is 11.1 Å². The van der Waals surface area contributed by atoms with Gasteiger partial charge in [0.2, 0.25) is 0 Å². The van der Waals surface area contributed by atoms with Gasteiger partial charge in [-0.3, -0.25) is 4.79 Å². The lowest BCUT2D eigenvalue weighted by molar-refractivity contribution is -0.152. The second-order valence-corrected chi connectivity index (χ2v) is 8.03. The molecule has 27 heavy (non-hydrogen) atoms. The van der Waals surface area contributed by atoms with E-state index in [9.17, 15) is 14.4 Å². The number of hydrogen-bond acceptors (Lipinski definition) is 6. The molecule has 3 atom stereocenters. The number of amides is 1. The second kappa shape index (κ2) is 7.21. The van der Waals surface area contributed by atoms with Crippen molar-refractivity contribution in [2.75, 3.05) is 6.61 Å². The molecule has 7 heteroatoms. The van der Waals surface area contributed by atoms with Crippen molar-refractivity contribution < 1.29 is 28.6 Å². The average Bonchev–Trinajstić information content (AvgIpc) is 3.27. The summed E-state index contributed by atoms with van der Waals surface area (Å²) in [4.78, 5) is 37.0. The van der Waals surface area contributed by atoms with Crippen LogP contribution in [0.5, 0.6) is 0 Å². The first kappa shape index (κ1) is 19.2. The molecular formula is C20H25NO6. The predicted octanol–water partition coefficient (Wildman–Crippen LogP) is 2.52. The van der Waals surface area contributed by atoms with Crippen LogP contribution in [0.25, 0.3) is 0 Å². The summed E-state index contributed by atoms with van der Waals surface area (Å²) in [5.74, 6) is -1.44. The number of cyclic esters (lactones) is 2. The van der Waals surface area contributed by atoms with E-state index in [1.807, 2.05) is 24.3 Å². The van der Waals surface area contributed by atoms with Crippen molar-refractivity contribution in [1.29, 1.82) is 0 Å². The van der Waals surface area contributed by atoms with Crippen molar-refractivity contribution in [3.8, 4) is 0 Å². The SMILES string of the molecule is C[C@H]1C[C@@H](C2c3ccccc32)C(=O)OC[C@H](NC(=O)OC(C)(C)C)C(=O)O1. The molecule has 1 N–H and O–H groups in total. The van der Waals surface area contributed by atoms with Crippen LogP contribution in [-0.2, 0) is 23.8 Å². The highest BCUT2D eigenvalue weighted by Gasteiger charge is 2.45. The summed E-state index contributed by atoms with van der Waals surface area (Å²) in [7, 11) is 0. The van der Waals surface area contributed by atoms with E-state index in [1.54, 1.807) is 27.7 Å². The van der Waals surface area contributed by atoms with E-state index in [0.29, 0.717) is 6.42 Å². The number of carbonyl (C=O) groups is 3. The Morgan fingerprint density at radius 2 is 1.78 bits per heavy atom. The summed E-state index contributed by atoms with van der Waals surface area (Å²) < 4.78 is 15.9. The van der Waals surface area contributed by atoms with Crippen LogP contribution in [0.1, 0.15) is 51.2 Å². The molecule has 1 aromatic carbocycles. The Bertz CT molecular complexity index is 730. The van der Waals surface area contributed by atoms with E-state index in [2.05, 4.69) is 5.32 Å². The lowest BCUT2D eigenvalue weighted by atomic mass is 9.94. The van der Waals surface area contributed by atoms with Crippen LogP contribution in [0.15, 0.2) is 24.3 Å². The Morgan fingerprint density at radius 1 is 1.15 bits per heavy atom. The highest BCUT2D eigenvalue weighted by atomic mass is 16.6. The number of hydrogen-bond donors (Lipinski definition) is 1. The van der Waals surface area contributed by atoms with Crippen LogP contribution in [0.3, 0.4) is 0 Å². The minimum absolute atomic E-state index is 0.00372. The zero-order valence-electron chi connectivity index (χ0n) is 16.0. The van der Waals surface area contributed by atoms with Crippen LogP contribution < -0.4 is 5.32 Å². The first-order chi connectivity index (χ1) is 12.7. The Balaban J connectivity index is 1.68. The molecule has 146 valence electrons. The Hall–Kier alpha value is -2.57. The zero-order valence-corrected chi connectivity index (χ0v) is 16.0. The van der Waals surface area contributed by atoms with E-state index >= 15 is 0 Å². The lowest BCUT2D eigenvalue weighted by Crippen LogP contribution is -2.47. The molecule has 0 spiro atoms. The molecule has 1 amide bonds. The van der Waals surface area contributed by atoms with Gasteiger partial charge in [0.15, 0.2) is 6.04 Å². The van der Waals surface area contributed by atoms with Gasteiger partial charge in [-0.25, -0.2) is 9.59 Å². The topological polar surface area (TPSA) is 90.9 Å². The molecule has 1 aliphatic heterocycles. The molecule has 7 nitrogen and oxygen atoms in total. The van der Waals surface area contributed by atoms with Crippen molar-refractivity contribution in [3.63, 3.8) is 0 Å². The maximum atomic E-state index is 12.6. The first-order valence-electron chi connectivity index (χ1n) is 9.11. The molecule has 0 unspecified atom stereocenters. The number of ether oxygens (including phenoxy) is 3. The van der Waals surface area contributed by atoms with Gasteiger partial charge in [0.25, 0.3) is 0 Å². The number of carbonyl (C=O) groups excluding carboxylic acids is 3. The van der Waals surface area contributed by atoms with Crippen LogP contribution in [0.2, 0.25) is 0 Å². The summed E-state index contributed by atoms with van der Waals surface area (Å²) in [6.07, 6.45) is -0.880. The van der Waals surface area contributed by atoms with Gasteiger partial charge >= 0.3 is 18.0 Å². The number of rotatable bonds is 2. The average molecular weight is 375 g/mol. The summed E-state index contributed by atoms with van der Waals surface area (Å²) in [6.45, 7) is 6.60. The van der Waals surface area contributed by atoms with Crippen molar-refractivity contribution in [3.05, 3.63) is 35.4 Å². The third-order valence-electron chi connectivity index (χ3n) is 4.56. The fraction of sp³-hybridized carbons (Fsp3) is 0.550. The molecule has 0 saturated carbocycles. The van der Waals surface area contributed by atoms with Crippen LogP contribution >= 0.6 is 0 Å². The lowest BCUT2D eigenvalue weighted by Gasteiger charge is -2.22. The maximum Gasteiger partial charge on any atom is 0.408 e. The fourth-order valence-electron chi connectivity index (χ4n) is 3.37. The summed E-state index contributed by atoms with van der Waals surface area (Å²) in [5.41, 5.74) is 1.54. The largest absolute Gasteiger partial charge is 0.463 e. The summed E-state index contributed by atoms with van der Waals surface area (Å²) >= 11 is 0. The summed E-state index contributed by atoms with van der Waals surface area (Å²) in [6, 6.07) is 6.74. The number of nitrogens with one attached hydrogen (secondary N) is 1. The van der Waals surface area contributed by atoms with Gasteiger partial charge in [-0.2, -0.15) is 0 Å². The zero-order chi connectivity index (χ0) is 19.8. The number of alkyl carbamates (subject to hydrolysis) is 1. The van der Waals surface area contributed by atoms with E-state index in [-0.39, 0.29) is 12.5 Å². The van der Waals surface area contributed by atoms with E-state index < -0.39 is 41.7 Å². The van der Waals surface area contributed by atoms with Crippen molar-refractivity contribution in [2.45, 2.75) is 57.8 Å². The van der Waals surface area contributed by atoms with Gasteiger partial charge in [0.05, 0.1) is 12.0 Å². The Labute approximate surface area is 158 Å². The van der Waals surface area contributed by atoms with Gasteiger partial charge < -0.3 is 19.5 Å². The first-order valence-corrected chi connectivity index (χ1v) is 9.11. The molecule has 0 aromatic heterocycles. The molecule has 1 aliphatic carbocycles. The molecule has 1 fully saturated rings. The standard InChI is InChI=1S/C20H25NO6/c1-11-9-14(16-12-7-5-6-8-13(12)16)17(22)25-10-15(18(23)26-11)21-19(24)27-20(2,3)4/h5-8,11,14-16H,9-10H2,1-4H3,(H,21,24)/t11-,14-,15-/m0/s1. The Kier molecular flexibility index (Phi) is 5.13. The van der Waals surface area contributed by atoms with Crippen LogP contribution in [0, 0.1) is 5.92 Å². The van der Waals surface area contributed by atoms with Gasteiger partial charge in [0.1, 0.15) is 12.2 Å². The highest BCUT2D eigenvalue weighted by Crippen LogP contribution is 2.50. The smallest absolute Gasteiger partial charge is 0.408 e. The Morgan fingerprint density at radius 3 is 2.37 bits per heavy atom. The molecule has 1 saturated heterocycles. The predicted molar refractivity (Wildman–Crippen MR) is 96.1 cm³/mol. The highest BCUT2D eigenvalue weighted by molar-refractivity contribution is 5.83. The third kappa shape index (κ3) is 4.59. The molecule has 1 heterocycles. The molecule has 3 rings (SSSR count). The van der Waals surface area contributed by atoms with Gasteiger partial charge in [-0.05, 0) is 45.2 Å². The van der Waals surface area contributed by atoms with Gasteiger partial charge in [-0.1, -0.05) is 24.3 Å². The van der Waals surface area contributed by atoms with E-state index in [4.69, 9.17) is 14.2 Å². The quantitative estimate of drug-likeness (QED) is 0.631. The third-order valence-corrected chi connectivity index (χ3v) is 4.56. The molecule has 0 bridgehead atoms. The molecule has 2 aliphatic rings. The maximum absolute atomic E-state index is 12.6. The van der Waals surface area contributed by atoms with Crippen molar-refractivity contribution >= 4 is 18.0 Å². The molecule has 1 aromatic rings. The van der Waals surface area contributed by atoms with Crippen LogP contribution in [0.4, 0.5) is 4.79 Å². The van der Waals surface area contributed by atoms with E-state index in [1.165, 1.54) is 0 Å². The monoisotopic (exact) mass is 375 g/mol. The number of esters is 2. The fourth-order valence-corrected chi connectivity index (χ4v) is 3.37. The summed E-state index contributed by atoms with van der Waals surface area (Å²) in [5, 5.41) is 2.43. The van der Waals surface area contributed by atoms with Gasteiger partial charge in [-0.15, -0.1) is 0 Å². The minimum Gasteiger partial charge on any atom is -0.463 e. The van der Waals surface area contributed by atoms with Gasteiger partial charge in [0, 0.05) is 5.92 Å². The number of fused-ring (bicyclic) bond motifs is 1. The number of benzene rings is 1. The van der Waals surface area contributed by atoms with Crippen molar-refractivity contribution in [1.82, 2.24) is 5.32 Å². The second-order valence-electron chi connectivity index (χ2n) is 8.03. The normalized spacial score (nSPS) is 25.9. The molecular weight excluding hydrogens is 350 g/mol. The van der Waals surface area contributed by atoms with Crippen LogP contribution in [-0.4, -0.2) is 42.4 Å².